The maximum absolute atomic E-state index is 14.3. The number of benzene rings is 1. The van der Waals surface area contributed by atoms with E-state index in [0.717, 1.165) is 0 Å². The maximum Gasteiger partial charge on any atom is 0.239 e. The van der Waals surface area contributed by atoms with Crippen LogP contribution in [0.1, 0.15) is 19.3 Å². The van der Waals surface area contributed by atoms with Gasteiger partial charge >= 0.3 is 0 Å². The Kier molecular flexibility index (Phi) is 4.76. The van der Waals surface area contributed by atoms with E-state index in [1.165, 1.54) is 22.8 Å². The molecule has 3 aromatic rings. The summed E-state index contributed by atoms with van der Waals surface area (Å²) in [5.41, 5.74) is 0.903. The molecule has 2 aromatic heterocycles. The lowest BCUT2D eigenvalue weighted by molar-refractivity contribution is 0.283. The number of hydrogen-bond acceptors (Lipinski definition) is 6. The van der Waals surface area contributed by atoms with Crippen molar-refractivity contribution >= 4 is 48.8 Å². The zero-order valence-electron chi connectivity index (χ0n) is 14.6. The van der Waals surface area contributed by atoms with Gasteiger partial charge in [-0.2, -0.15) is 0 Å². The number of nitrogens with zero attached hydrogens (tertiary/aromatic N) is 3. The van der Waals surface area contributed by atoms with Crippen LogP contribution in [-0.2, 0) is 10.0 Å². The second-order valence-electron chi connectivity index (χ2n) is 6.65. The first-order valence-corrected chi connectivity index (χ1v) is 10.8. The Balaban J connectivity index is 1.73. The van der Waals surface area contributed by atoms with Crippen molar-refractivity contribution in [2.45, 2.75) is 24.0 Å². The molecule has 0 unspecified atom stereocenters. The van der Waals surface area contributed by atoms with E-state index in [9.17, 15) is 17.9 Å². The monoisotopic (exact) mass is 469 g/mol. The minimum Gasteiger partial charge on any atom is -0.396 e. The Bertz CT molecular complexity index is 1150. The van der Waals surface area contributed by atoms with Gasteiger partial charge in [0, 0.05) is 29.5 Å². The molecule has 1 fully saturated rings. The molecule has 2 heterocycles. The van der Waals surface area contributed by atoms with Crippen LogP contribution < -0.4 is 10.0 Å². The molecule has 148 valence electrons. The number of hydrogen-bond donors (Lipinski definition) is 3. The Morgan fingerprint density at radius 3 is 2.75 bits per heavy atom. The predicted octanol–water partition coefficient (Wildman–Crippen LogP) is 3.03. The van der Waals surface area contributed by atoms with Crippen LogP contribution in [-0.4, -0.2) is 39.5 Å². The number of aromatic nitrogens is 3. The average molecular weight is 470 g/mol. The molecule has 3 N–H and O–H groups in total. The molecule has 8 nitrogen and oxygen atoms in total. The molecule has 0 atom stereocenters. The summed E-state index contributed by atoms with van der Waals surface area (Å²) in [5, 5.41) is 16.4. The van der Waals surface area contributed by atoms with Crippen LogP contribution in [0, 0.1) is 5.82 Å². The fourth-order valence-corrected chi connectivity index (χ4v) is 4.95. The van der Waals surface area contributed by atoms with Crippen molar-refractivity contribution in [2.75, 3.05) is 16.6 Å². The van der Waals surface area contributed by atoms with Gasteiger partial charge in [0.2, 0.25) is 10.0 Å². The summed E-state index contributed by atoms with van der Waals surface area (Å²) >= 11 is 3.20. The van der Waals surface area contributed by atoms with E-state index < -0.39 is 20.6 Å². The highest BCUT2D eigenvalue weighted by molar-refractivity contribution is 9.10. The minimum absolute atomic E-state index is 0.0250. The molecule has 11 heteroatoms. The van der Waals surface area contributed by atoms with Gasteiger partial charge in [-0.05, 0) is 37.5 Å². The zero-order chi connectivity index (χ0) is 19.9. The smallest absolute Gasteiger partial charge is 0.239 e. The fourth-order valence-electron chi connectivity index (χ4n) is 2.99. The number of anilines is 3. The summed E-state index contributed by atoms with van der Waals surface area (Å²) in [4.78, 5) is 4.13. The second-order valence-corrected chi connectivity index (χ2v) is 9.64. The molecule has 0 spiro atoms. The van der Waals surface area contributed by atoms with Gasteiger partial charge in [0.1, 0.15) is 5.82 Å². The first-order valence-electron chi connectivity index (χ1n) is 8.53. The van der Waals surface area contributed by atoms with E-state index in [4.69, 9.17) is 0 Å². The molecule has 0 amide bonds. The summed E-state index contributed by atoms with van der Waals surface area (Å²) in [6.45, 7) is -0.218. The highest BCUT2D eigenvalue weighted by Gasteiger charge is 2.54. The van der Waals surface area contributed by atoms with E-state index in [1.807, 2.05) is 0 Å². The molecule has 0 aliphatic heterocycles. The van der Waals surface area contributed by atoms with Crippen molar-refractivity contribution in [2.24, 2.45) is 0 Å². The highest BCUT2D eigenvalue weighted by Crippen LogP contribution is 2.47. The molecule has 4 rings (SSSR count). The number of aliphatic hydroxyl groups excluding tert-OH is 1. The third-order valence-corrected chi connectivity index (χ3v) is 7.47. The van der Waals surface area contributed by atoms with Crippen molar-refractivity contribution < 1.29 is 17.9 Å². The standard InChI is InChI=1S/C17H17BrFN5O3S/c18-11-1-2-13(12(19)9-11)21-14-10-15-20-6-7-24(15)22-16(14)23-28(26,27)17(3-4-17)5-8-25/h1-2,6-7,9-10,21,25H,3-5,8H2,(H,22,23). The third kappa shape index (κ3) is 3.45. The van der Waals surface area contributed by atoms with Gasteiger partial charge in [-0.1, -0.05) is 15.9 Å². The lowest BCUT2D eigenvalue weighted by Crippen LogP contribution is -2.31. The molecule has 0 saturated heterocycles. The molecule has 0 radical (unpaired) electrons. The third-order valence-electron chi connectivity index (χ3n) is 4.76. The maximum atomic E-state index is 14.3. The summed E-state index contributed by atoms with van der Waals surface area (Å²) < 4.78 is 43.5. The zero-order valence-corrected chi connectivity index (χ0v) is 17.0. The Labute approximate surface area is 169 Å². The van der Waals surface area contributed by atoms with Gasteiger partial charge in [0.15, 0.2) is 11.5 Å². The van der Waals surface area contributed by atoms with E-state index in [1.54, 1.807) is 18.3 Å². The molecule has 1 saturated carbocycles. The Morgan fingerprint density at radius 2 is 2.07 bits per heavy atom. The van der Waals surface area contributed by atoms with Gasteiger partial charge in [0.25, 0.3) is 0 Å². The van der Waals surface area contributed by atoms with Gasteiger partial charge in [-0.15, -0.1) is 5.10 Å². The van der Waals surface area contributed by atoms with Crippen LogP contribution in [0.5, 0.6) is 0 Å². The minimum atomic E-state index is -3.79. The number of nitrogens with one attached hydrogen (secondary N) is 2. The van der Waals surface area contributed by atoms with Crippen LogP contribution >= 0.6 is 15.9 Å². The van der Waals surface area contributed by atoms with Gasteiger partial charge < -0.3 is 10.4 Å². The largest absolute Gasteiger partial charge is 0.396 e. The normalized spacial score (nSPS) is 15.5. The SMILES string of the molecule is O=S(=O)(Nc1nn2ccnc2cc1Nc1ccc(Br)cc1F)C1(CCO)CC1. The number of fused-ring (bicyclic) bond motifs is 1. The predicted molar refractivity (Wildman–Crippen MR) is 107 cm³/mol. The van der Waals surface area contributed by atoms with Crippen LogP contribution in [0.2, 0.25) is 0 Å². The quantitative estimate of drug-likeness (QED) is 0.490. The number of rotatable bonds is 7. The summed E-state index contributed by atoms with van der Waals surface area (Å²) in [6.07, 6.45) is 4.21. The summed E-state index contributed by atoms with van der Waals surface area (Å²) in [5.74, 6) is -0.484. The number of halogens is 2. The average Bonchev–Trinajstić information content (AvgIpc) is 3.29. The van der Waals surface area contributed by atoms with E-state index in [-0.39, 0.29) is 30.2 Å². The van der Waals surface area contributed by atoms with Gasteiger partial charge in [-0.25, -0.2) is 22.3 Å². The van der Waals surface area contributed by atoms with Crippen LogP contribution in [0.4, 0.5) is 21.6 Å². The highest BCUT2D eigenvalue weighted by atomic mass is 79.9. The van der Waals surface area contributed by atoms with E-state index in [2.05, 4.69) is 36.1 Å². The van der Waals surface area contributed by atoms with Crippen molar-refractivity contribution in [3.63, 3.8) is 0 Å². The lowest BCUT2D eigenvalue weighted by Gasteiger charge is -2.19. The van der Waals surface area contributed by atoms with Crippen molar-refractivity contribution in [1.29, 1.82) is 0 Å². The van der Waals surface area contributed by atoms with Crippen LogP contribution in [0.3, 0.4) is 0 Å². The summed E-state index contributed by atoms with van der Waals surface area (Å²) in [6, 6.07) is 6.07. The topological polar surface area (TPSA) is 109 Å². The molecular weight excluding hydrogens is 453 g/mol. The van der Waals surface area contributed by atoms with Crippen molar-refractivity contribution in [3.8, 4) is 0 Å². The second kappa shape index (κ2) is 6.98. The first-order chi connectivity index (χ1) is 13.3. The van der Waals surface area contributed by atoms with E-state index in [0.29, 0.717) is 23.0 Å². The lowest BCUT2D eigenvalue weighted by atomic mass is 10.3. The Hall–Kier alpha value is -2.24. The first kappa shape index (κ1) is 19.1. The molecule has 28 heavy (non-hydrogen) atoms. The van der Waals surface area contributed by atoms with Crippen LogP contribution in [0.25, 0.3) is 5.65 Å². The van der Waals surface area contributed by atoms with Crippen LogP contribution in [0.15, 0.2) is 41.1 Å². The van der Waals surface area contributed by atoms with Gasteiger partial charge in [-0.3, -0.25) is 4.72 Å². The number of aliphatic hydroxyl groups is 1. The Morgan fingerprint density at radius 1 is 1.29 bits per heavy atom. The fraction of sp³-hybridized carbons (Fsp3) is 0.294. The molecule has 1 aliphatic carbocycles. The molecule has 0 bridgehead atoms. The summed E-state index contributed by atoms with van der Waals surface area (Å²) in [7, 11) is -3.79. The van der Waals surface area contributed by atoms with E-state index >= 15 is 0 Å². The van der Waals surface area contributed by atoms with Crippen molar-refractivity contribution in [3.05, 3.63) is 46.9 Å². The molecule has 1 aromatic carbocycles. The molecule has 1 aliphatic rings. The van der Waals surface area contributed by atoms with Gasteiger partial charge in [0.05, 0.1) is 16.1 Å². The number of sulfonamides is 1. The number of imidazole rings is 1. The van der Waals surface area contributed by atoms with Crippen molar-refractivity contribution in [1.82, 2.24) is 14.6 Å². The molecular formula is C17H17BrFN5O3S.